The number of ether oxygens (including phenoxy) is 1. The predicted octanol–water partition coefficient (Wildman–Crippen LogP) is 0.269. The maximum Gasteiger partial charge on any atom is 0.305 e. The number of carbonyl (C=O) groups is 1. The van der Waals surface area contributed by atoms with Crippen LogP contribution in [0.3, 0.4) is 0 Å². The molecule has 0 radical (unpaired) electrons. The summed E-state index contributed by atoms with van der Waals surface area (Å²) >= 11 is 0. The van der Waals surface area contributed by atoms with Crippen LogP contribution >= 0.6 is 0 Å². The first-order valence-electron chi connectivity index (χ1n) is 5.07. The Morgan fingerprint density at radius 1 is 1.47 bits per heavy atom. The van der Waals surface area contributed by atoms with Crippen molar-refractivity contribution in [2.24, 2.45) is 5.92 Å². The molecule has 0 aliphatic heterocycles. The van der Waals surface area contributed by atoms with Crippen LogP contribution in [-0.2, 0) is 19.6 Å². The number of hydrogen-bond donors (Lipinski definition) is 1. The van der Waals surface area contributed by atoms with Crippen LogP contribution in [-0.4, -0.2) is 33.8 Å². The number of hydrogen-bond acceptors (Lipinski definition) is 4. The highest BCUT2D eigenvalue weighted by Gasteiger charge is 2.23. The van der Waals surface area contributed by atoms with E-state index in [1.54, 1.807) is 0 Å². The molecule has 5 nitrogen and oxygen atoms in total. The SMILES string of the molecule is COC(=O)CCCS(=O)(=O)NCC1CC1. The maximum atomic E-state index is 11.4. The van der Waals surface area contributed by atoms with E-state index in [-0.39, 0.29) is 18.1 Å². The Bertz CT molecular complexity index is 308. The number of rotatable bonds is 7. The van der Waals surface area contributed by atoms with Gasteiger partial charge >= 0.3 is 5.97 Å². The van der Waals surface area contributed by atoms with Crippen LogP contribution in [0, 0.1) is 5.92 Å². The van der Waals surface area contributed by atoms with Gasteiger partial charge in [0.25, 0.3) is 0 Å². The molecule has 88 valence electrons. The molecular formula is C9H17NO4S. The van der Waals surface area contributed by atoms with E-state index in [1.807, 2.05) is 0 Å². The van der Waals surface area contributed by atoms with Gasteiger partial charge in [-0.1, -0.05) is 0 Å². The quantitative estimate of drug-likeness (QED) is 0.643. The summed E-state index contributed by atoms with van der Waals surface area (Å²) in [6.07, 6.45) is 2.70. The van der Waals surface area contributed by atoms with Crippen LogP contribution in [0.2, 0.25) is 0 Å². The maximum absolute atomic E-state index is 11.4. The normalized spacial score (nSPS) is 16.3. The number of carbonyl (C=O) groups excluding carboxylic acids is 1. The van der Waals surface area contributed by atoms with Crippen LogP contribution in [0.4, 0.5) is 0 Å². The first-order valence-corrected chi connectivity index (χ1v) is 6.73. The van der Waals surface area contributed by atoms with Gasteiger partial charge in [0.15, 0.2) is 0 Å². The zero-order valence-electron chi connectivity index (χ0n) is 8.86. The summed E-state index contributed by atoms with van der Waals surface area (Å²) < 4.78 is 29.7. The van der Waals surface area contributed by atoms with E-state index in [4.69, 9.17) is 0 Å². The van der Waals surface area contributed by atoms with Crippen molar-refractivity contribution in [3.63, 3.8) is 0 Å². The largest absolute Gasteiger partial charge is 0.469 e. The molecule has 0 unspecified atom stereocenters. The summed E-state index contributed by atoms with van der Waals surface area (Å²) in [4.78, 5) is 10.7. The van der Waals surface area contributed by atoms with Gasteiger partial charge in [-0.15, -0.1) is 0 Å². The third-order valence-electron chi connectivity index (χ3n) is 2.31. The van der Waals surface area contributed by atoms with Crippen molar-refractivity contribution >= 4 is 16.0 Å². The molecule has 0 spiro atoms. The van der Waals surface area contributed by atoms with E-state index in [0.29, 0.717) is 18.9 Å². The number of methoxy groups -OCH3 is 1. The standard InChI is InChI=1S/C9H17NO4S/c1-14-9(11)3-2-6-15(12,13)10-7-8-4-5-8/h8,10H,2-7H2,1H3. The first kappa shape index (κ1) is 12.4. The average Bonchev–Trinajstić information content (AvgIpc) is 2.98. The zero-order valence-corrected chi connectivity index (χ0v) is 9.68. The molecule has 15 heavy (non-hydrogen) atoms. The number of nitrogens with one attached hydrogen (secondary N) is 1. The lowest BCUT2D eigenvalue weighted by atomic mass is 10.3. The molecule has 1 fully saturated rings. The number of esters is 1. The van der Waals surface area contributed by atoms with Crippen molar-refractivity contribution in [2.75, 3.05) is 19.4 Å². The Balaban J connectivity index is 2.14. The number of sulfonamides is 1. The van der Waals surface area contributed by atoms with Crippen molar-refractivity contribution in [1.29, 1.82) is 0 Å². The molecule has 1 N–H and O–H groups in total. The lowest BCUT2D eigenvalue weighted by molar-refractivity contribution is -0.140. The van der Waals surface area contributed by atoms with E-state index in [9.17, 15) is 13.2 Å². The van der Waals surface area contributed by atoms with Gasteiger partial charge in [-0.25, -0.2) is 13.1 Å². The van der Waals surface area contributed by atoms with Crippen molar-refractivity contribution in [2.45, 2.75) is 25.7 Å². The van der Waals surface area contributed by atoms with Crippen LogP contribution in [0.15, 0.2) is 0 Å². The van der Waals surface area contributed by atoms with E-state index < -0.39 is 10.0 Å². The molecule has 0 aromatic carbocycles. The molecule has 0 aromatic heterocycles. The van der Waals surface area contributed by atoms with Crippen LogP contribution in [0.25, 0.3) is 0 Å². The fraction of sp³-hybridized carbons (Fsp3) is 0.889. The van der Waals surface area contributed by atoms with Gasteiger partial charge in [0, 0.05) is 13.0 Å². The van der Waals surface area contributed by atoms with Crippen LogP contribution in [0.5, 0.6) is 0 Å². The third-order valence-corrected chi connectivity index (χ3v) is 3.74. The molecule has 0 atom stereocenters. The molecule has 0 bridgehead atoms. The molecule has 0 aromatic rings. The second kappa shape index (κ2) is 5.46. The highest BCUT2D eigenvalue weighted by atomic mass is 32.2. The van der Waals surface area contributed by atoms with Crippen molar-refractivity contribution in [3.05, 3.63) is 0 Å². The second-order valence-electron chi connectivity index (χ2n) is 3.79. The topological polar surface area (TPSA) is 72.5 Å². The molecule has 1 aliphatic rings. The lowest BCUT2D eigenvalue weighted by Crippen LogP contribution is -2.28. The molecule has 0 amide bonds. The van der Waals surface area contributed by atoms with Gasteiger partial charge < -0.3 is 4.74 Å². The summed E-state index contributed by atoms with van der Waals surface area (Å²) in [5, 5.41) is 0. The highest BCUT2D eigenvalue weighted by Crippen LogP contribution is 2.27. The van der Waals surface area contributed by atoms with Gasteiger partial charge in [-0.3, -0.25) is 4.79 Å². The fourth-order valence-electron chi connectivity index (χ4n) is 1.15. The monoisotopic (exact) mass is 235 g/mol. The second-order valence-corrected chi connectivity index (χ2v) is 5.72. The summed E-state index contributed by atoms with van der Waals surface area (Å²) in [7, 11) is -1.90. The summed E-state index contributed by atoms with van der Waals surface area (Å²) in [6, 6.07) is 0. The molecule has 1 aliphatic carbocycles. The summed E-state index contributed by atoms with van der Waals surface area (Å²) in [6.45, 7) is 0.542. The molecule has 1 saturated carbocycles. The third kappa shape index (κ3) is 5.74. The molecule has 0 saturated heterocycles. The van der Waals surface area contributed by atoms with Gasteiger partial charge in [0.2, 0.25) is 10.0 Å². The van der Waals surface area contributed by atoms with Crippen LogP contribution in [0.1, 0.15) is 25.7 Å². The Kier molecular flexibility index (Phi) is 4.53. The van der Waals surface area contributed by atoms with Gasteiger partial charge in [0.1, 0.15) is 0 Å². The van der Waals surface area contributed by atoms with E-state index in [0.717, 1.165) is 12.8 Å². The molecule has 6 heteroatoms. The van der Waals surface area contributed by atoms with E-state index >= 15 is 0 Å². The average molecular weight is 235 g/mol. The molecule has 0 heterocycles. The van der Waals surface area contributed by atoms with Crippen molar-refractivity contribution in [3.8, 4) is 0 Å². The molecule has 1 rings (SSSR count). The lowest BCUT2D eigenvalue weighted by Gasteiger charge is -2.04. The van der Waals surface area contributed by atoms with Crippen molar-refractivity contribution in [1.82, 2.24) is 4.72 Å². The summed E-state index contributed by atoms with van der Waals surface area (Å²) in [5.74, 6) is 0.155. The zero-order chi connectivity index (χ0) is 11.3. The van der Waals surface area contributed by atoms with E-state index in [2.05, 4.69) is 9.46 Å². The highest BCUT2D eigenvalue weighted by molar-refractivity contribution is 7.89. The van der Waals surface area contributed by atoms with Gasteiger partial charge in [-0.2, -0.15) is 0 Å². The fourth-order valence-corrected chi connectivity index (χ4v) is 2.31. The Hall–Kier alpha value is -0.620. The Morgan fingerprint density at radius 3 is 2.67 bits per heavy atom. The van der Waals surface area contributed by atoms with Gasteiger partial charge in [0.05, 0.1) is 12.9 Å². The van der Waals surface area contributed by atoms with Gasteiger partial charge in [-0.05, 0) is 25.2 Å². The predicted molar refractivity (Wildman–Crippen MR) is 55.8 cm³/mol. The Labute approximate surface area is 90.2 Å². The van der Waals surface area contributed by atoms with Crippen molar-refractivity contribution < 1.29 is 17.9 Å². The Morgan fingerprint density at radius 2 is 2.13 bits per heavy atom. The van der Waals surface area contributed by atoms with Crippen LogP contribution < -0.4 is 4.72 Å². The minimum atomic E-state index is -3.20. The first-order chi connectivity index (χ1) is 7.03. The minimum absolute atomic E-state index is 0.00514. The van der Waals surface area contributed by atoms with E-state index in [1.165, 1.54) is 7.11 Å². The summed E-state index contributed by atoms with van der Waals surface area (Å²) in [5.41, 5.74) is 0. The minimum Gasteiger partial charge on any atom is -0.469 e. The smallest absolute Gasteiger partial charge is 0.305 e. The molecular weight excluding hydrogens is 218 g/mol.